The number of aliphatic hydroxyl groups is 2. The largest absolute Gasteiger partial charge is 0.479 e. The van der Waals surface area contributed by atoms with Crippen LogP contribution >= 0.6 is 0 Å². The summed E-state index contributed by atoms with van der Waals surface area (Å²) >= 11 is 0. The van der Waals surface area contributed by atoms with Crippen molar-refractivity contribution in [1.82, 2.24) is 5.32 Å². The minimum atomic E-state index is -1.52. The highest BCUT2D eigenvalue weighted by Gasteiger charge is 2.40. The molecule has 1 heterocycles. The van der Waals surface area contributed by atoms with Crippen LogP contribution in [0.4, 0.5) is 0 Å². The van der Waals surface area contributed by atoms with Gasteiger partial charge >= 0.3 is 5.97 Å². The molecule has 0 aromatic carbocycles. The molecule has 1 unspecified atom stereocenters. The average Bonchev–Trinajstić information content (AvgIpc) is 2.10. The summed E-state index contributed by atoms with van der Waals surface area (Å²) in [4.78, 5) is 21.3. The van der Waals surface area contributed by atoms with Crippen molar-refractivity contribution in [2.24, 2.45) is 0 Å². The Bertz CT molecular complexity index is 256. The summed E-state index contributed by atoms with van der Waals surface area (Å²) in [6.45, 7) is 1.22. The molecule has 1 aliphatic heterocycles. The molecule has 0 bridgehead atoms. The van der Waals surface area contributed by atoms with Crippen molar-refractivity contribution in [2.45, 2.75) is 37.9 Å². The zero-order valence-corrected chi connectivity index (χ0v) is 8.08. The van der Waals surface area contributed by atoms with E-state index in [9.17, 15) is 19.8 Å². The van der Waals surface area contributed by atoms with Gasteiger partial charge in [-0.3, -0.25) is 4.79 Å². The van der Waals surface area contributed by atoms with Crippen molar-refractivity contribution < 1.29 is 29.6 Å². The van der Waals surface area contributed by atoms with Gasteiger partial charge < -0.3 is 25.4 Å². The Balaban J connectivity index is 2.64. The number of nitrogens with one attached hydrogen (secondary N) is 1. The molecule has 0 radical (unpaired) electrons. The summed E-state index contributed by atoms with van der Waals surface area (Å²) in [7, 11) is 0. The minimum absolute atomic E-state index is 0.169. The number of carbonyl (C=O) groups is 2. The molecule has 0 saturated carbocycles. The number of hydrogen-bond donors (Lipinski definition) is 4. The van der Waals surface area contributed by atoms with Crippen LogP contribution in [-0.4, -0.2) is 51.7 Å². The van der Waals surface area contributed by atoms with Gasteiger partial charge in [0, 0.05) is 13.3 Å². The lowest BCUT2D eigenvalue weighted by Gasteiger charge is -2.35. The normalized spacial score (nSPS) is 35.9. The SMILES string of the molecule is CC(=O)N[C@H]1[C@H](O)OC(C(=O)O)C[C@@H]1O. The van der Waals surface area contributed by atoms with Gasteiger partial charge in [-0.15, -0.1) is 0 Å². The lowest BCUT2D eigenvalue weighted by molar-refractivity contribution is -0.216. The molecule has 4 N–H and O–H groups in total. The third-order valence-electron chi connectivity index (χ3n) is 2.13. The molecule has 1 rings (SSSR count). The smallest absolute Gasteiger partial charge is 0.333 e. The van der Waals surface area contributed by atoms with E-state index in [1.54, 1.807) is 0 Å². The number of hydrogen-bond acceptors (Lipinski definition) is 5. The highest BCUT2D eigenvalue weighted by atomic mass is 16.6. The van der Waals surface area contributed by atoms with Gasteiger partial charge in [-0.1, -0.05) is 0 Å². The van der Waals surface area contributed by atoms with Crippen LogP contribution in [0.1, 0.15) is 13.3 Å². The Labute approximate surface area is 85.7 Å². The molecular weight excluding hydrogens is 206 g/mol. The molecule has 0 aromatic rings. The first kappa shape index (κ1) is 11.9. The van der Waals surface area contributed by atoms with E-state index in [1.807, 2.05) is 0 Å². The predicted octanol–water partition coefficient (Wildman–Crippen LogP) is -1.96. The average molecular weight is 219 g/mol. The van der Waals surface area contributed by atoms with Gasteiger partial charge in [-0.25, -0.2) is 4.79 Å². The first-order valence-corrected chi connectivity index (χ1v) is 4.43. The maximum Gasteiger partial charge on any atom is 0.333 e. The fraction of sp³-hybridized carbons (Fsp3) is 0.750. The zero-order chi connectivity index (χ0) is 11.6. The summed E-state index contributed by atoms with van der Waals surface area (Å²) in [5, 5.41) is 29.7. The third-order valence-corrected chi connectivity index (χ3v) is 2.13. The molecular formula is C8H13NO6. The number of carboxylic acid groups (broad SMARTS) is 1. The van der Waals surface area contributed by atoms with E-state index < -0.39 is 36.4 Å². The van der Waals surface area contributed by atoms with Crippen LogP contribution in [0.3, 0.4) is 0 Å². The van der Waals surface area contributed by atoms with Crippen molar-refractivity contribution in [2.75, 3.05) is 0 Å². The number of carboxylic acids is 1. The number of ether oxygens (including phenoxy) is 1. The number of aliphatic hydroxyl groups excluding tert-OH is 2. The van der Waals surface area contributed by atoms with Crippen LogP contribution in [0.15, 0.2) is 0 Å². The lowest BCUT2D eigenvalue weighted by atomic mass is 10.00. The molecule has 0 aromatic heterocycles. The Morgan fingerprint density at radius 2 is 2.00 bits per heavy atom. The first-order valence-electron chi connectivity index (χ1n) is 4.43. The van der Waals surface area contributed by atoms with Crippen molar-refractivity contribution in [3.8, 4) is 0 Å². The third kappa shape index (κ3) is 2.88. The van der Waals surface area contributed by atoms with Gasteiger partial charge in [0.15, 0.2) is 12.4 Å². The van der Waals surface area contributed by atoms with Gasteiger partial charge in [0.05, 0.1) is 6.10 Å². The van der Waals surface area contributed by atoms with Crippen LogP contribution in [0.2, 0.25) is 0 Å². The van der Waals surface area contributed by atoms with Crippen LogP contribution < -0.4 is 5.32 Å². The van der Waals surface area contributed by atoms with Crippen LogP contribution in [0, 0.1) is 0 Å². The second-order valence-electron chi connectivity index (χ2n) is 3.38. The molecule has 1 aliphatic rings. The second-order valence-corrected chi connectivity index (χ2v) is 3.38. The molecule has 0 aliphatic carbocycles. The monoisotopic (exact) mass is 219 g/mol. The van der Waals surface area contributed by atoms with Crippen molar-refractivity contribution in [3.05, 3.63) is 0 Å². The number of carbonyl (C=O) groups excluding carboxylic acids is 1. The molecule has 1 fully saturated rings. The number of amides is 1. The maximum absolute atomic E-state index is 10.7. The molecule has 0 spiro atoms. The number of aliphatic carboxylic acids is 1. The van der Waals surface area contributed by atoms with E-state index in [0.717, 1.165) is 0 Å². The summed E-state index contributed by atoms with van der Waals surface area (Å²) in [5.74, 6) is -1.69. The van der Waals surface area contributed by atoms with Gasteiger partial charge in [-0.05, 0) is 0 Å². The van der Waals surface area contributed by atoms with Crippen LogP contribution in [0.5, 0.6) is 0 Å². The summed E-state index contributed by atoms with van der Waals surface area (Å²) in [6, 6.07) is -0.988. The Morgan fingerprint density at radius 3 is 2.40 bits per heavy atom. The molecule has 1 amide bonds. The van der Waals surface area contributed by atoms with E-state index in [0.29, 0.717) is 0 Å². The predicted molar refractivity (Wildman–Crippen MR) is 46.7 cm³/mol. The van der Waals surface area contributed by atoms with Crippen molar-refractivity contribution in [3.63, 3.8) is 0 Å². The fourth-order valence-corrected chi connectivity index (χ4v) is 1.43. The summed E-state index contributed by atoms with van der Waals surface area (Å²) in [5.41, 5.74) is 0. The van der Waals surface area contributed by atoms with Gasteiger partial charge in [0.1, 0.15) is 6.04 Å². The quantitative estimate of drug-likeness (QED) is 0.428. The molecule has 15 heavy (non-hydrogen) atoms. The Morgan fingerprint density at radius 1 is 1.40 bits per heavy atom. The summed E-state index contributed by atoms with van der Waals surface area (Å²) in [6.07, 6.45) is -4.07. The minimum Gasteiger partial charge on any atom is -0.479 e. The molecule has 7 nitrogen and oxygen atoms in total. The standard InChI is InChI=1S/C8H13NO6/c1-3(10)9-6-4(11)2-5(7(12)13)15-8(6)14/h4-6,8,11,14H,2H2,1H3,(H,9,10)(H,12,13)/t4-,5?,6+,8+/m0/s1. The highest BCUT2D eigenvalue weighted by Crippen LogP contribution is 2.19. The van der Waals surface area contributed by atoms with Gasteiger partial charge in [0.25, 0.3) is 0 Å². The van der Waals surface area contributed by atoms with Gasteiger partial charge in [0.2, 0.25) is 5.91 Å². The fourth-order valence-electron chi connectivity index (χ4n) is 1.43. The highest BCUT2D eigenvalue weighted by molar-refractivity contribution is 5.74. The van der Waals surface area contributed by atoms with Crippen molar-refractivity contribution in [1.29, 1.82) is 0 Å². The molecule has 7 heteroatoms. The maximum atomic E-state index is 10.7. The zero-order valence-electron chi connectivity index (χ0n) is 8.08. The molecule has 1 saturated heterocycles. The van der Waals surface area contributed by atoms with E-state index in [4.69, 9.17) is 9.84 Å². The summed E-state index contributed by atoms with van der Waals surface area (Å²) < 4.78 is 4.71. The van der Waals surface area contributed by atoms with E-state index in [1.165, 1.54) is 6.92 Å². The van der Waals surface area contributed by atoms with Crippen molar-refractivity contribution >= 4 is 11.9 Å². The van der Waals surface area contributed by atoms with Gasteiger partial charge in [-0.2, -0.15) is 0 Å². The Kier molecular flexibility index (Phi) is 3.61. The Hall–Kier alpha value is -1.18. The topological polar surface area (TPSA) is 116 Å². The van der Waals surface area contributed by atoms with E-state index >= 15 is 0 Å². The van der Waals surface area contributed by atoms with Crippen LogP contribution in [-0.2, 0) is 14.3 Å². The van der Waals surface area contributed by atoms with E-state index in [-0.39, 0.29) is 6.42 Å². The first-order chi connectivity index (χ1) is 6.91. The molecule has 4 atom stereocenters. The van der Waals surface area contributed by atoms with E-state index in [2.05, 4.69) is 5.32 Å². The molecule has 86 valence electrons. The number of rotatable bonds is 2. The lowest BCUT2D eigenvalue weighted by Crippen LogP contribution is -2.57. The van der Waals surface area contributed by atoms with Crippen LogP contribution in [0.25, 0.3) is 0 Å². The second kappa shape index (κ2) is 4.56.